The molecular weight excluding hydrogens is 454 g/mol. The highest BCUT2D eigenvalue weighted by Crippen LogP contribution is 2.28. The Labute approximate surface area is 203 Å². The SMILES string of the molecule is Cc1ccc(Cl)cc1N1CCN(C(=O)C2CCCN(c3ccc(-c4cccs4)nn3)C2)CC1. The molecule has 0 radical (unpaired) electrons. The maximum atomic E-state index is 13.3. The van der Waals surface area contributed by atoms with Gasteiger partial charge < -0.3 is 14.7 Å². The Bertz CT molecular complexity index is 1100. The largest absolute Gasteiger partial charge is 0.368 e. The summed E-state index contributed by atoms with van der Waals surface area (Å²) in [5, 5.41) is 11.7. The lowest BCUT2D eigenvalue weighted by molar-refractivity contribution is -0.136. The number of hydrogen-bond donors (Lipinski definition) is 0. The number of halogens is 1. The topological polar surface area (TPSA) is 52.6 Å². The van der Waals surface area contributed by atoms with E-state index in [-0.39, 0.29) is 11.8 Å². The minimum absolute atomic E-state index is 0.0111. The number of thiophene rings is 1. The third kappa shape index (κ3) is 4.84. The van der Waals surface area contributed by atoms with Crippen molar-refractivity contribution in [2.24, 2.45) is 5.92 Å². The molecule has 4 heterocycles. The normalized spacial score (nSPS) is 19.1. The van der Waals surface area contributed by atoms with Gasteiger partial charge in [-0.1, -0.05) is 23.7 Å². The van der Waals surface area contributed by atoms with Crippen molar-refractivity contribution in [3.63, 3.8) is 0 Å². The average molecular weight is 482 g/mol. The summed E-state index contributed by atoms with van der Waals surface area (Å²) in [7, 11) is 0. The Morgan fingerprint density at radius 3 is 2.61 bits per heavy atom. The van der Waals surface area contributed by atoms with E-state index >= 15 is 0 Å². The zero-order valence-corrected chi connectivity index (χ0v) is 20.4. The van der Waals surface area contributed by atoms with Gasteiger partial charge in [0, 0.05) is 50.0 Å². The molecular formula is C25H28ClN5OS. The van der Waals surface area contributed by atoms with Gasteiger partial charge in [-0.2, -0.15) is 0 Å². The number of amides is 1. The molecule has 0 aliphatic carbocycles. The molecule has 1 aromatic carbocycles. The van der Waals surface area contributed by atoms with Crippen LogP contribution in [0.25, 0.3) is 10.6 Å². The number of carbonyl (C=O) groups is 1. The molecule has 0 saturated carbocycles. The zero-order valence-electron chi connectivity index (χ0n) is 18.8. The van der Waals surface area contributed by atoms with E-state index in [1.165, 1.54) is 11.3 Å². The van der Waals surface area contributed by atoms with Gasteiger partial charge in [0.25, 0.3) is 0 Å². The first-order valence-electron chi connectivity index (χ1n) is 11.5. The first-order valence-corrected chi connectivity index (χ1v) is 12.8. The molecule has 2 aliphatic rings. The number of aryl methyl sites for hydroxylation is 1. The highest BCUT2D eigenvalue weighted by molar-refractivity contribution is 7.13. The van der Waals surface area contributed by atoms with E-state index in [1.54, 1.807) is 11.3 Å². The van der Waals surface area contributed by atoms with Crippen LogP contribution in [0.15, 0.2) is 47.8 Å². The molecule has 1 unspecified atom stereocenters. The second kappa shape index (κ2) is 9.69. The molecule has 2 saturated heterocycles. The summed E-state index contributed by atoms with van der Waals surface area (Å²) in [6, 6.07) is 14.1. The van der Waals surface area contributed by atoms with Gasteiger partial charge in [-0.05, 0) is 61.0 Å². The van der Waals surface area contributed by atoms with E-state index in [4.69, 9.17) is 11.6 Å². The van der Waals surface area contributed by atoms with Crippen LogP contribution in [0, 0.1) is 12.8 Å². The molecule has 33 heavy (non-hydrogen) atoms. The van der Waals surface area contributed by atoms with Gasteiger partial charge in [0.1, 0.15) is 5.69 Å². The molecule has 1 atom stereocenters. The fraction of sp³-hybridized carbons (Fsp3) is 0.400. The van der Waals surface area contributed by atoms with Crippen molar-refractivity contribution in [2.45, 2.75) is 19.8 Å². The smallest absolute Gasteiger partial charge is 0.227 e. The van der Waals surface area contributed by atoms with Crippen molar-refractivity contribution in [1.29, 1.82) is 0 Å². The molecule has 0 spiro atoms. The first-order chi connectivity index (χ1) is 16.1. The predicted molar refractivity (Wildman–Crippen MR) is 135 cm³/mol. The van der Waals surface area contributed by atoms with Crippen LogP contribution in [-0.2, 0) is 4.79 Å². The summed E-state index contributed by atoms with van der Waals surface area (Å²) in [4.78, 5) is 21.0. The van der Waals surface area contributed by atoms with Gasteiger partial charge in [0.15, 0.2) is 5.82 Å². The highest BCUT2D eigenvalue weighted by Gasteiger charge is 2.32. The lowest BCUT2D eigenvalue weighted by atomic mass is 9.96. The van der Waals surface area contributed by atoms with Crippen LogP contribution < -0.4 is 9.80 Å². The molecule has 2 aliphatic heterocycles. The van der Waals surface area contributed by atoms with Crippen molar-refractivity contribution in [1.82, 2.24) is 15.1 Å². The van der Waals surface area contributed by atoms with E-state index in [2.05, 4.69) is 39.1 Å². The molecule has 0 bridgehead atoms. The lowest BCUT2D eigenvalue weighted by Gasteiger charge is -2.40. The molecule has 2 aromatic heterocycles. The molecule has 5 rings (SSSR count). The maximum absolute atomic E-state index is 13.3. The lowest BCUT2D eigenvalue weighted by Crippen LogP contribution is -2.52. The maximum Gasteiger partial charge on any atom is 0.227 e. The van der Waals surface area contributed by atoms with Crippen LogP contribution >= 0.6 is 22.9 Å². The van der Waals surface area contributed by atoms with Crippen molar-refractivity contribution >= 4 is 40.4 Å². The van der Waals surface area contributed by atoms with Crippen molar-refractivity contribution in [3.8, 4) is 10.6 Å². The number of piperazine rings is 1. The number of piperidine rings is 1. The molecule has 2 fully saturated rings. The quantitative estimate of drug-likeness (QED) is 0.539. The van der Waals surface area contributed by atoms with Crippen molar-refractivity contribution in [2.75, 3.05) is 49.1 Å². The van der Waals surface area contributed by atoms with Gasteiger partial charge in [-0.15, -0.1) is 21.5 Å². The molecule has 3 aromatic rings. The fourth-order valence-electron chi connectivity index (χ4n) is 4.79. The number of aromatic nitrogens is 2. The van der Waals surface area contributed by atoms with E-state index < -0.39 is 0 Å². The van der Waals surface area contributed by atoms with Crippen molar-refractivity contribution in [3.05, 3.63) is 58.4 Å². The Hall–Kier alpha value is -2.64. The predicted octanol–water partition coefficient (Wildman–Crippen LogP) is 4.73. The Kier molecular flexibility index (Phi) is 6.51. The van der Waals surface area contributed by atoms with Crippen LogP contribution in [0.1, 0.15) is 18.4 Å². The van der Waals surface area contributed by atoms with Gasteiger partial charge >= 0.3 is 0 Å². The van der Waals surface area contributed by atoms with Crippen LogP contribution in [0.5, 0.6) is 0 Å². The minimum atomic E-state index is 0.0111. The summed E-state index contributed by atoms with van der Waals surface area (Å²) < 4.78 is 0. The van der Waals surface area contributed by atoms with Gasteiger partial charge in [0.2, 0.25) is 5.91 Å². The Morgan fingerprint density at radius 1 is 1.03 bits per heavy atom. The number of hydrogen-bond acceptors (Lipinski definition) is 6. The van der Waals surface area contributed by atoms with Crippen LogP contribution in [0.4, 0.5) is 11.5 Å². The second-order valence-electron chi connectivity index (χ2n) is 8.78. The monoisotopic (exact) mass is 481 g/mol. The van der Waals surface area contributed by atoms with E-state index in [1.807, 2.05) is 40.6 Å². The van der Waals surface area contributed by atoms with E-state index in [0.29, 0.717) is 6.54 Å². The zero-order chi connectivity index (χ0) is 22.8. The molecule has 172 valence electrons. The summed E-state index contributed by atoms with van der Waals surface area (Å²) >= 11 is 7.87. The number of carbonyl (C=O) groups excluding carboxylic acids is 1. The minimum Gasteiger partial charge on any atom is -0.368 e. The molecule has 6 nitrogen and oxygen atoms in total. The summed E-state index contributed by atoms with van der Waals surface area (Å²) in [5.74, 6) is 1.14. The number of anilines is 2. The summed E-state index contributed by atoms with van der Waals surface area (Å²) in [6.07, 6.45) is 1.93. The highest BCUT2D eigenvalue weighted by atomic mass is 35.5. The summed E-state index contributed by atoms with van der Waals surface area (Å²) in [5.41, 5.74) is 3.28. The second-order valence-corrected chi connectivity index (χ2v) is 10.2. The first kappa shape index (κ1) is 22.2. The Balaban J connectivity index is 1.19. The number of benzene rings is 1. The van der Waals surface area contributed by atoms with Crippen LogP contribution in [0.2, 0.25) is 5.02 Å². The van der Waals surface area contributed by atoms with Crippen LogP contribution in [-0.4, -0.2) is 60.3 Å². The molecule has 1 amide bonds. The molecule has 0 N–H and O–H groups in total. The van der Waals surface area contributed by atoms with Crippen molar-refractivity contribution < 1.29 is 4.79 Å². The standard InChI is InChI=1S/C25H28ClN5OS/c1-18-6-7-20(26)16-22(18)29-11-13-30(14-12-29)25(32)19-4-2-10-31(17-19)24-9-8-21(27-28-24)23-5-3-15-33-23/h3,5-9,15-16,19H,2,4,10-14,17H2,1H3. The van der Waals surface area contributed by atoms with E-state index in [9.17, 15) is 4.79 Å². The third-order valence-corrected chi connectivity index (χ3v) is 7.75. The van der Waals surface area contributed by atoms with E-state index in [0.717, 1.165) is 67.0 Å². The fourth-order valence-corrected chi connectivity index (χ4v) is 5.64. The van der Waals surface area contributed by atoms with Crippen LogP contribution in [0.3, 0.4) is 0 Å². The Morgan fingerprint density at radius 2 is 1.88 bits per heavy atom. The summed E-state index contributed by atoms with van der Waals surface area (Å²) in [6.45, 7) is 6.89. The van der Waals surface area contributed by atoms with Gasteiger partial charge in [-0.25, -0.2) is 0 Å². The number of nitrogens with zero attached hydrogens (tertiary/aromatic N) is 5. The average Bonchev–Trinajstić information content (AvgIpc) is 3.41. The van der Waals surface area contributed by atoms with Gasteiger partial charge in [0.05, 0.1) is 10.8 Å². The molecule has 8 heteroatoms. The number of rotatable bonds is 4. The third-order valence-electron chi connectivity index (χ3n) is 6.62. The van der Waals surface area contributed by atoms with Gasteiger partial charge in [-0.3, -0.25) is 4.79 Å².